The molecule has 0 spiro atoms. The summed E-state index contributed by atoms with van der Waals surface area (Å²) in [5.74, 6) is -0.184. The van der Waals surface area contributed by atoms with E-state index in [-0.39, 0.29) is 16.9 Å². The Balaban J connectivity index is 2.00. The van der Waals surface area contributed by atoms with Gasteiger partial charge in [0, 0.05) is 6.54 Å². The summed E-state index contributed by atoms with van der Waals surface area (Å²) in [4.78, 5) is 0.120. The molecule has 1 aromatic rings. The number of hydrogen-bond donors (Lipinski definition) is 2. The van der Waals surface area contributed by atoms with E-state index < -0.39 is 15.8 Å². The Hall–Kier alpha value is -0.980. The Morgan fingerprint density at radius 3 is 2.55 bits per heavy atom. The van der Waals surface area contributed by atoms with E-state index in [9.17, 15) is 17.9 Å². The topological polar surface area (TPSA) is 66.4 Å². The minimum absolute atomic E-state index is 0.120. The number of hydrogen-bond acceptors (Lipinski definition) is 3. The molecule has 0 saturated heterocycles. The van der Waals surface area contributed by atoms with E-state index in [0.29, 0.717) is 12.1 Å². The summed E-state index contributed by atoms with van der Waals surface area (Å²) in [6.07, 6.45) is 2.85. The predicted molar refractivity (Wildman–Crippen MR) is 74.3 cm³/mol. The highest BCUT2D eigenvalue weighted by Gasteiger charge is 2.22. The average Bonchev–Trinajstić information content (AvgIpc) is 2.37. The Bertz CT molecular complexity index is 566. The van der Waals surface area contributed by atoms with Crippen molar-refractivity contribution in [2.45, 2.75) is 43.6 Å². The lowest BCUT2D eigenvalue weighted by molar-refractivity contribution is 0.109. The van der Waals surface area contributed by atoms with Crippen LogP contribution >= 0.6 is 0 Å². The maximum absolute atomic E-state index is 13.0. The maximum Gasteiger partial charge on any atom is 0.240 e. The first kappa shape index (κ1) is 15.4. The molecule has 0 aliphatic heterocycles. The minimum Gasteiger partial charge on any atom is -0.393 e. The van der Waals surface area contributed by atoms with Gasteiger partial charge in [0.05, 0.1) is 11.0 Å². The molecule has 0 radical (unpaired) electrons. The van der Waals surface area contributed by atoms with E-state index in [1.54, 1.807) is 6.92 Å². The van der Waals surface area contributed by atoms with Crippen molar-refractivity contribution in [3.63, 3.8) is 0 Å². The first-order chi connectivity index (χ1) is 9.38. The van der Waals surface area contributed by atoms with E-state index in [2.05, 4.69) is 4.72 Å². The molecular formula is C14H20FNO3S. The van der Waals surface area contributed by atoms with Crippen LogP contribution in [0.3, 0.4) is 0 Å². The molecule has 0 heterocycles. The summed E-state index contributed by atoms with van der Waals surface area (Å²) < 4.78 is 40.0. The van der Waals surface area contributed by atoms with Crippen LogP contribution in [0.2, 0.25) is 0 Å². The van der Waals surface area contributed by atoms with Crippen molar-refractivity contribution in [3.05, 3.63) is 29.6 Å². The summed E-state index contributed by atoms with van der Waals surface area (Å²) in [5, 5.41) is 9.42. The van der Waals surface area contributed by atoms with Gasteiger partial charge in [0.2, 0.25) is 10.0 Å². The van der Waals surface area contributed by atoms with Crippen LogP contribution in [0.4, 0.5) is 4.39 Å². The smallest absolute Gasteiger partial charge is 0.240 e. The quantitative estimate of drug-likeness (QED) is 0.893. The number of nitrogens with one attached hydrogen (secondary N) is 1. The van der Waals surface area contributed by atoms with Crippen LogP contribution in [0.15, 0.2) is 23.1 Å². The van der Waals surface area contributed by atoms with Gasteiger partial charge >= 0.3 is 0 Å². The number of aryl methyl sites for hydroxylation is 1. The summed E-state index contributed by atoms with van der Waals surface area (Å²) >= 11 is 0. The van der Waals surface area contributed by atoms with Crippen molar-refractivity contribution < 1.29 is 17.9 Å². The summed E-state index contributed by atoms with van der Waals surface area (Å²) in [5.41, 5.74) is 0.400. The molecule has 1 fully saturated rings. The van der Waals surface area contributed by atoms with Crippen molar-refractivity contribution >= 4 is 10.0 Å². The summed E-state index contributed by atoms with van der Waals surface area (Å²) in [6, 6.07) is 3.65. The van der Waals surface area contributed by atoms with E-state index in [4.69, 9.17) is 0 Å². The fourth-order valence-corrected chi connectivity index (χ4v) is 3.91. The molecule has 1 aliphatic carbocycles. The van der Waals surface area contributed by atoms with Gasteiger partial charge < -0.3 is 5.11 Å². The molecule has 4 nitrogen and oxygen atoms in total. The van der Waals surface area contributed by atoms with Crippen molar-refractivity contribution in [2.75, 3.05) is 6.54 Å². The molecule has 0 unspecified atom stereocenters. The lowest BCUT2D eigenvalue weighted by Gasteiger charge is -2.25. The van der Waals surface area contributed by atoms with Gasteiger partial charge in [-0.2, -0.15) is 0 Å². The van der Waals surface area contributed by atoms with Gasteiger partial charge in [0.1, 0.15) is 5.82 Å². The van der Waals surface area contributed by atoms with E-state index in [0.717, 1.165) is 31.7 Å². The lowest BCUT2D eigenvalue weighted by atomic mass is 9.88. The first-order valence-electron chi connectivity index (χ1n) is 6.82. The van der Waals surface area contributed by atoms with Crippen molar-refractivity contribution in [2.24, 2.45) is 5.92 Å². The number of aliphatic hydroxyl groups is 1. The number of halogens is 1. The van der Waals surface area contributed by atoms with Crippen molar-refractivity contribution in [1.29, 1.82) is 0 Å². The Morgan fingerprint density at radius 2 is 1.95 bits per heavy atom. The van der Waals surface area contributed by atoms with Gasteiger partial charge in [-0.1, -0.05) is 0 Å². The number of sulfonamides is 1. The minimum atomic E-state index is -3.60. The third-order valence-electron chi connectivity index (χ3n) is 3.80. The van der Waals surface area contributed by atoms with Crippen molar-refractivity contribution in [1.82, 2.24) is 4.72 Å². The molecule has 1 saturated carbocycles. The van der Waals surface area contributed by atoms with Gasteiger partial charge in [-0.05, 0) is 62.3 Å². The molecule has 1 aromatic carbocycles. The molecular weight excluding hydrogens is 281 g/mol. The third kappa shape index (κ3) is 3.77. The molecule has 112 valence electrons. The Kier molecular flexibility index (Phi) is 4.78. The average molecular weight is 301 g/mol. The molecule has 2 N–H and O–H groups in total. The second kappa shape index (κ2) is 6.20. The van der Waals surface area contributed by atoms with Gasteiger partial charge in [-0.3, -0.25) is 0 Å². The van der Waals surface area contributed by atoms with Crippen LogP contribution in [0.5, 0.6) is 0 Å². The normalized spacial score (nSPS) is 23.8. The second-order valence-electron chi connectivity index (χ2n) is 5.44. The zero-order valence-corrected chi connectivity index (χ0v) is 12.3. The number of rotatable bonds is 4. The highest BCUT2D eigenvalue weighted by molar-refractivity contribution is 7.89. The number of aliphatic hydroxyl groups excluding tert-OH is 1. The SMILES string of the molecule is Cc1cc(F)ccc1S(=O)(=O)NCC1CCC(O)CC1. The van der Waals surface area contributed by atoms with E-state index >= 15 is 0 Å². The molecule has 0 amide bonds. The van der Waals surface area contributed by atoms with Gasteiger partial charge in [0.15, 0.2) is 0 Å². The van der Waals surface area contributed by atoms with Crippen LogP contribution < -0.4 is 4.72 Å². The molecule has 2 rings (SSSR count). The molecule has 0 aromatic heterocycles. The van der Waals surface area contributed by atoms with Crippen LogP contribution in [0, 0.1) is 18.7 Å². The Labute approximate surface area is 119 Å². The standard InChI is InChI=1S/C14H20FNO3S/c1-10-8-12(15)4-7-14(10)20(18,19)16-9-11-2-5-13(17)6-3-11/h4,7-8,11,13,16-17H,2-3,5-6,9H2,1H3. The highest BCUT2D eigenvalue weighted by atomic mass is 32.2. The summed E-state index contributed by atoms with van der Waals surface area (Å²) in [6.45, 7) is 1.94. The number of benzene rings is 1. The van der Waals surface area contributed by atoms with Crippen LogP contribution in [-0.2, 0) is 10.0 Å². The zero-order chi connectivity index (χ0) is 14.8. The monoisotopic (exact) mass is 301 g/mol. The Morgan fingerprint density at radius 1 is 1.30 bits per heavy atom. The largest absolute Gasteiger partial charge is 0.393 e. The van der Waals surface area contributed by atoms with Gasteiger partial charge in [-0.25, -0.2) is 17.5 Å². The fraction of sp³-hybridized carbons (Fsp3) is 0.571. The maximum atomic E-state index is 13.0. The van der Waals surface area contributed by atoms with E-state index in [1.807, 2.05) is 0 Å². The van der Waals surface area contributed by atoms with Crippen LogP contribution in [-0.4, -0.2) is 26.2 Å². The third-order valence-corrected chi connectivity index (χ3v) is 5.39. The predicted octanol–water partition coefficient (Wildman–Crippen LogP) is 1.96. The molecule has 0 atom stereocenters. The molecule has 6 heteroatoms. The molecule has 0 bridgehead atoms. The summed E-state index contributed by atoms with van der Waals surface area (Å²) in [7, 11) is -3.60. The van der Waals surface area contributed by atoms with Crippen LogP contribution in [0.1, 0.15) is 31.2 Å². The first-order valence-corrected chi connectivity index (χ1v) is 8.30. The fourth-order valence-electron chi connectivity index (χ4n) is 2.57. The molecule has 20 heavy (non-hydrogen) atoms. The second-order valence-corrected chi connectivity index (χ2v) is 7.17. The van der Waals surface area contributed by atoms with Gasteiger partial charge in [-0.15, -0.1) is 0 Å². The highest BCUT2D eigenvalue weighted by Crippen LogP contribution is 2.24. The van der Waals surface area contributed by atoms with Crippen molar-refractivity contribution in [3.8, 4) is 0 Å². The van der Waals surface area contributed by atoms with E-state index in [1.165, 1.54) is 12.1 Å². The zero-order valence-electron chi connectivity index (χ0n) is 11.5. The van der Waals surface area contributed by atoms with Crippen LogP contribution in [0.25, 0.3) is 0 Å². The molecule has 1 aliphatic rings. The lowest BCUT2D eigenvalue weighted by Crippen LogP contribution is -2.32. The van der Waals surface area contributed by atoms with Gasteiger partial charge in [0.25, 0.3) is 0 Å².